The molecule has 1 saturated heterocycles. The van der Waals surface area contributed by atoms with Gasteiger partial charge in [0.1, 0.15) is 0 Å². The summed E-state index contributed by atoms with van der Waals surface area (Å²) in [5.74, 6) is -0.0509. The largest absolute Gasteiger partial charge is 0.493 e. The first-order valence-corrected chi connectivity index (χ1v) is 6.19. The highest BCUT2D eigenvalue weighted by molar-refractivity contribution is 8.16. The molecule has 1 aliphatic rings. The summed E-state index contributed by atoms with van der Waals surface area (Å²) < 4.78 is -1.92. The highest BCUT2D eigenvalue weighted by atomic mass is 35.5. The summed E-state index contributed by atoms with van der Waals surface area (Å²) >= 11 is 26.5. The number of thioether (sulfide) groups is 1. The molecule has 2 heterocycles. The SMILES string of the molecule is Cl.ClC1(Cl)SC1(Cl)Cl.Oc1ccnc(S)n1. The van der Waals surface area contributed by atoms with Crippen molar-refractivity contribution < 1.29 is 5.11 Å². The van der Waals surface area contributed by atoms with Crippen LogP contribution in [0.2, 0.25) is 0 Å². The predicted molar refractivity (Wildman–Crippen MR) is 74.7 cm³/mol. The van der Waals surface area contributed by atoms with Gasteiger partial charge >= 0.3 is 0 Å². The number of rotatable bonds is 0. The van der Waals surface area contributed by atoms with Crippen LogP contribution in [0.4, 0.5) is 0 Å². The number of alkyl halides is 4. The van der Waals surface area contributed by atoms with Crippen LogP contribution in [0.25, 0.3) is 0 Å². The molecule has 0 unspecified atom stereocenters. The predicted octanol–water partition coefficient (Wildman–Crippen LogP) is 3.89. The van der Waals surface area contributed by atoms with E-state index in [1.54, 1.807) is 0 Å². The molecule has 16 heavy (non-hydrogen) atoms. The van der Waals surface area contributed by atoms with Gasteiger partial charge in [0.25, 0.3) is 0 Å². The molecule has 0 spiro atoms. The summed E-state index contributed by atoms with van der Waals surface area (Å²) in [5.41, 5.74) is 0. The maximum atomic E-state index is 8.61. The molecule has 0 atom stereocenters. The standard InChI is InChI=1S/C4H4N2OS.C2Cl4S.ClH/c7-3-1-2-5-4(8)6-3;3-1(4)2(5,6)7-1;/h1-2H,(H2,5,6,7,8);;1H. The van der Waals surface area contributed by atoms with Crippen LogP contribution in [0.1, 0.15) is 0 Å². The van der Waals surface area contributed by atoms with E-state index >= 15 is 0 Å². The topological polar surface area (TPSA) is 46.0 Å². The van der Waals surface area contributed by atoms with E-state index in [1.165, 1.54) is 12.3 Å². The molecule has 2 rings (SSSR count). The van der Waals surface area contributed by atoms with Gasteiger partial charge in [0.05, 0.1) is 0 Å². The molecule has 0 aromatic carbocycles. The Labute approximate surface area is 128 Å². The summed E-state index contributed by atoms with van der Waals surface area (Å²) in [6, 6.07) is 1.39. The van der Waals surface area contributed by atoms with Gasteiger partial charge in [-0.05, 0) is 0 Å². The second kappa shape index (κ2) is 6.27. The minimum Gasteiger partial charge on any atom is -0.493 e. The highest BCUT2D eigenvalue weighted by Crippen LogP contribution is 2.74. The molecule has 3 nitrogen and oxygen atoms in total. The molecule has 1 N–H and O–H groups in total. The van der Waals surface area contributed by atoms with Crippen LogP contribution in [-0.2, 0) is 0 Å². The van der Waals surface area contributed by atoms with Gasteiger partial charge in [-0.2, -0.15) is 4.98 Å². The third-order valence-electron chi connectivity index (χ3n) is 1.18. The van der Waals surface area contributed by atoms with E-state index in [2.05, 4.69) is 22.6 Å². The third kappa shape index (κ3) is 5.12. The van der Waals surface area contributed by atoms with Crippen molar-refractivity contribution in [1.82, 2.24) is 9.97 Å². The van der Waals surface area contributed by atoms with Crippen molar-refractivity contribution in [1.29, 1.82) is 0 Å². The van der Waals surface area contributed by atoms with Gasteiger partial charge in [0, 0.05) is 12.3 Å². The van der Waals surface area contributed by atoms with E-state index < -0.39 is 7.33 Å². The molecule has 0 amide bonds. The second-order valence-electron chi connectivity index (χ2n) is 2.35. The van der Waals surface area contributed by atoms with Gasteiger partial charge in [-0.25, -0.2) is 4.98 Å². The Morgan fingerprint density at radius 1 is 1.25 bits per heavy atom. The van der Waals surface area contributed by atoms with Crippen molar-refractivity contribution in [2.45, 2.75) is 12.5 Å². The van der Waals surface area contributed by atoms with Crippen LogP contribution < -0.4 is 0 Å². The Hall–Kier alpha value is 1.03. The molecule has 1 aromatic heterocycles. The molecule has 1 fully saturated rings. The lowest BCUT2D eigenvalue weighted by Crippen LogP contribution is -1.96. The van der Waals surface area contributed by atoms with Crippen molar-refractivity contribution >= 4 is 83.2 Å². The summed E-state index contributed by atoms with van der Waals surface area (Å²) in [7, 11) is 0. The molecule has 10 heteroatoms. The first kappa shape index (κ1) is 17.0. The zero-order valence-electron chi connectivity index (χ0n) is 7.27. The number of halogens is 5. The van der Waals surface area contributed by atoms with Gasteiger partial charge < -0.3 is 5.11 Å². The summed E-state index contributed by atoms with van der Waals surface area (Å²) in [6.45, 7) is 0. The average molecular weight is 363 g/mol. The number of nitrogens with zero attached hydrogens (tertiary/aromatic N) is 2. The van der Waals surface area contributed by atoms with Crippen molar-refractivity contribution in [3.63, 3.8) is 0 Å². The van der Waals surface area contributed by atoms with E-state index in [0.717, 1.165) is 11.8 Å². The average Bonchev–Trinajstić information content (AvgIpc) is 2.47. The van der Waals surface area contributed by atoms with Crippen LogP contribution in [0.3, 0.4) is 0 Å². The molecule has 0 saturated carbocycles. The van der Waals surface area contributed by atoms with Crippen LogP contribution >= 0.6 is 83.2 Å². The molecule has 0 aliphatic carbocycles. The maximum Gasteiger partial charge on any atom is 0.214 e. The smallest absolute Gasteiger partial charge is 0.214 e. The van der Waals surface area contributed by atoms with Crippen LogP contribution in [0, 0.1) is 0 Å². The number of hydrogen-bond donors (Lipinski definition) is 2. The summed E-state index contributed by atoms with van der Waals surface area (Å²) in [6.07, 6.45) is 1.44. The van der Waals surface area contributed by atoms with Gasteiger partial charge in [-0.1, -0.05) is 58.2 Å². The number of aromatic hydroxyl groups is 1. The fourth-order valence-corrected chi connectivity index (χ4v) is 2.78. The van der Waals surface area contributed by atoms with E-state index in [4.69, 9.17) is 51.5 Å². The number of hydrogen-bond acceptors (Lipinski definition) is 5. The Balaban J connectivity index is 0.000000267. The van der Waals surface area contributed by atoms with Crippen LogP contribution in [0.5, 0.6) is 5.88 Å². The Morgan fingerprint density at radius 2 is 1.69 bits per heavy atom. The van der Waals surface area contributed by atoms with E-state index in [0.29, 0.717) is 0 Å². The van der Waals surface area contributed by atoms with Gasteiger partial charge in [-0.3, -0.25) is 0 Å². The Kier molecular flexibility index (Phi) is 6.67. The molecular weight excluding hydrogens is 357 g/mol. The van der Waals surface area contributed by atoms with E-state index in [9.17, 15) is 0 Å². The van der Waals surface area contributed by atoms with Crippen molar-refractivity contribution in [2.24, 2.45) is 0 Å². The van der Waals surface area contributed by atoms with Crippen molar-refractivity contribution in [2.75, 3.05) is 0 Å². The fourth-order valence-electron chi connectivity index (χ4n) is 0.475. The lowest BCUT2D eigenvalue weighted by molar-refractivity contribution is 0.445. The molecule has 1 aliphatic heterocycles. The first-order chi connectivity index (χ1) is 6.74. The molecule has 0 bridgehead atoms. The lowest BCUT2D eigenvalue weighted by atomic mass is 10.6. The normalized spacial score (nSPS) is 18.8. The van der Waals surface area contributed by atoms with Gasteiger partial charge in [-0.15, -0.1) is 25.0 Å². The lowest BCUT2D eigenvalue weighted by Gasteiger charge is -1.90. The minimum atomic E-state index is -0.962. The molecule has 0 radical (unpaired) electrons. The Morgan fingerprint density at radius 3 is 1.88 bits per heavy atom. The van der Waals surface area contributed by atoms with E-state index in [-0.39, 0.29) is 23.4 Å². The van der Waals surface area contributed by atoms with Crippen molar-refractivity contribution in [3.8, 4) is 5.88 Å². The van der Waals surface area contributed by atoms with Gasteiger partial charge in [0.15, 0.2) is 5.16 Å². The number of thiol groups is 1. The quantitative estimate of drug-likeness (QED) is 0.318. The van der Waals surface area contributed by atoms with E-state index in [1.807, 2.05) is 0 Å². The molecule has 1 aromatic rings. The van der Waals surface area contributed by atoms with Crippen LogP contribution in [0.15, 0.2) is 17.4 Å². The minimum absolute atomic E-state index is 0. The highest BCUT2D eigenvalue weighted by Gasteiger charge is 2.67. The fraction of sp³-hybridized carbons (Fsp3) is 0.333. The zero-order valence-corrected chi connectivity index (χ0v) is 12.8. The molecular formula is C6H5Cl5N2OS2. The van der Waals surface area contributed by atoms with Crippen molar-refractivity contribution in [3.05, 3.63) is 12.3 Å². The summed E-state index contributed by atoms with van der Waals surface area (Å²) in [4.78, 5) is 7.12. The zero-order chi connectivity index (χ0) is 11.7. The summed E-state index contributed by atoms with van der Waals surface area (Å²) in [5, 5.41) is 8.90. The Bertz CT molecular complexity index is 335. The number of aromatic nitrogens is 2. The maximum absolute atomic E-state index is 8.61. The monoisotopic (exact) mass is 360 g/mol. The van der Waals surface area contributed by atoms with Gasteiger partial charge in [0.2, 0.25) is 13.2 Å². The second-order valence-corrected chi connectivity index (χ2v) is 7.73. The molecule has 92 valence electrons. The third-order valence-corrected chi connectivity index (χ3v) is 5.21. The first-order valence-electron chi connectivity index (χ1n) is 3.41. The van der Waals surface area contributed by atoms with Crippen LogP contribution in [-0.4, -0.2) is 22.4 Å².